The maximum absolute atomic E-state index is 9.83. The fourth-order valence-corrected chi connectivity index (χ4v) is 0.304. The third-order valence-corrected chi connectivity index (χ3v) is 1.29. The number of halogens is 1. The van der Waals surface area contributed by atoms with Crippen molar-refractivity contribution in [2.75, 3.05) is 0 Å². The number of carbonyl (C=O) groups is 1. The molecule has 0 amide bonds. The van der Waals surface area contributed by atoms with Gasteiger partial charge < -0.3 is 9.84 Å². The van der Waals surface area contributed by atoms with Gasteiger partial charge in [-0.25, -0.2) is 4.79 Å². The highest BCUT2D eigenvalue weighted by atomic mass is 35.5. The number of hydrogen-bond acceptors (Lipinski definition) is 2. The molecule has 0 fully saturated rings. The summed E-state index contributed by atoms with van der Waals surface area (Å²) >= 11 is 5.48. The molecule has 54 valence electrons. The Balaban J connectivity index is 3.50. The fourth-order valence-electron chi connectivity index (χ4n) is 0.253. The van der Waals surface area contributed by atoms with Crippen LogP contribution in [0, 0.1) is 0 Å². The highest BCUT2D eigenvalue weighted by Gasteiger charge is 2.12. The predicted octanol–water partition coefficient (Wildman–Crippen LogP) is 1.70. The van der Waals surface area contributed by atoms with Gasteiger partial charge in [0.05, 0.1) is 5.38 Å². The molecule has 0 unspecified atom stereocenters. The predicted molar refractivity (Wildman–Crippen MR) is 33.9 cm³/mol. The van der Waals surface area contributed by atoms with Gasteiger partial charge in [0.15, 0.2) is 0 Å². The second-order valence-electron chi connectivity index (χ2n) is 1.77. The Morgan fingerprint density at radius 2 is 2.11 bits per heavy atom. The van der Waals surface area contributed by atoms with Crippen LogP contribution < -0.4 is 0 Å². The average molecular weight is 153 g/mol. The fraction of sp³-hybridized carbons (Fsp3) is 0.800. The molecule has 0 radical (unpaired) electrons. The van der Waals surface area contributed by atoms with Crippen molar-refractivity contribution in [3.63, 3.8) is 0 Å². The molecule has 0 rings (SSSR count). The topological polar surface area (TPSA) is 46.5 Å². The molecular weight excluding hydrogens is 144 g/mol. The van der Waals surface area contributed by atoms with Gasteiger partial charge >= 0.3 is 6.16 Å². The third-order valence-electron chi connectivity index (χ3n) is 0.934. The van der Waals surface area contributed by atoms with Crippen molar-refractivity contribution in [1.29, 1.82) is 0 Å². The molecule has 0 aromatic carbocycles. The molecule has 0 saturated carbocycles. The second-order valence-corrected chi connectivity index (χ2v) is 2.45. The lowest BCUT2D eigenvalue weighted by molar-refractivity contribution is 0.0590. The van der Waals surface area contributed by atoms with Crippen molar-refractivity contribution in [2.24, 2.45) is 0 Å². The van der Waals surface area contributed by atoms with E-state index in [9.17, 15) is 4.79 Å². The normalized spacial score (nSPS) is 16.3. The smallest absolute Gasteiger partial charge is 0.450 e. The lowest BCUT2D eigenvalue weighted by Crippen LogP contribution is -2.20. The van der Waals surface area contributed by atoms with E-state index in [1.807, 2.05) is 0 Å². The van der Waals surface area contributed by atoms with Crippen molar-refractivity contribution in [1.82, 2.24) is 0 Å². The zero-order valence-corrected chi connectivity index (χ0v) is 6.05. The molecule has 1 N–H and O–H groups in total. The van der Waals surface area contributed by atoms with E-state index in [2.05, 4.69) is 4.74 Å². The first-order chi connectivity index (χ1) is 4.04. The van der Waals surface area contributed by atoms with Crippen LogP contribution in [-0.4, -0.2) is 22.7 Å². The Kier molecular flexibility index (Phi) is 3.39. The van der Waals surface area contributed by atoms with Gasteiger partial charge in [0.25, 0.3) is 0 Å². The van der Waals surface area contributed by atoms with E-state index in [-0.39, 0.29) is 5.38 Å². The van der Waals surface area contributed by atoms with Crippen molar-refractivity contribution in [3.05, 3.63) is 0 Å². The zero-order chi connectivity index (χ0) is 7.44. The molecule has 3 nitrogen and oxygen atoms in total. The lowest BCUT2D eigenvalue weighted by atomic mass is 10.3. The minimum atomic E-state index is -1.28. The summed E-state index contributed by atoms with van der Waals surface area (Å²) in [7, 11) is 0. The van der Waals surface area contributed by atoms with E-state index in [1.165, 1.54) is 0 Å². The summed E-state index contributed by atoms with van der Waals surface area (Å²) in [6, 6.07) is 0. The monoisotopic (exact) mass is 152 g/mol. The number of ether oxygens (including phenoxy) is 1. The van der Waals surface area contributed by atoms with E-state index < -0.39 is 12.3 Å². The molecule has 4 heteroatoms. The average Bonchev–Trinajstić information content (AvgIpc) is 1.63. The van der Waals surface area contributed by atoms with Crippen LogP contribution in [0.4, 0.5) is 4.79 Å². The molecule has 0 aromatic heterocycles. The highest BCUT2D eigenvalue weighted by Crippen LogP contribution is 2.04. The molecule has 9 heavy (non-hydrogen) atoms. The van der Waals surface area contributed by atoms with E-state index in [0.29, 0.717) is 0 Å². The third kappa shape index (κ3) is 4.09. The van der Waals surface area contributed by atoms with E-state index in [0.717, 1.165) is 0 Å². The molecular formula is C5H9ClO3. The first-order valence-corrected chi connectivity index (χ1v) is 3.01. The molecule has 0 saturated heterocycles. The molecule has 0 aromatic rings. The Bertz CT molecular complexity index is 102. The van der Waals surface area contributed by atoms with Gasteiger partial charge in [0, 0.05) is 0 Å². The minimum absolute atomic E-state index is 0.277. The van der Waals surface area contributed by atoms with Crippen LogP contribution in [0.3, 0.4) is 0 Å². The van der Waals surface area contributed by atoms with Gasteiger partial charge in [-0.1, -0.05) is 0 Å². The van der Waals surface area contributed by atoms with Gasteiger partial charge in [0.2, 0.25) is 0 Å². The molecule has 2 atom stereocenters. The maximum atomic E-state index is 9.83. The summed E-state index contributed by atoms with van der Waals surface area (Å²) in [6.45, 7) is 3.28. The second kappa shape index (κ2) is 3.56. The standard InChI is InChI=1S/C5H9ClO3/c1-3(6)4(2)9-5(7)8/h3-4H,1-2H3,(H,7,8)/t3-,4+/m0/s1. The minimum Gasteiger partial charge on any atom is -0.450 e. The van der Waals surface area contributed by atoms with E-state index in [1.54, 1.807) is 13.8 Å². The Morgan fingerprint density at radius 1 is 1.67 bits per heavy atom. The summed E-state index contributed by atoms with van der Waals surface area (Å²) in [5.41, 5.74) is 0. The quantitative estimate of drug-likeness (QED) is 0.484. The van der Waals surface area contributed by atoms with Gasteiger partial charge in [-0.15, -0.1) is 11.6 Å². The largest absolute Gasteiger partial charge is 0.506 e. The van der Waals surface area contributed by atoms with Crippen molar-refractivity contribution < 1.29 is 14.6 Å². The molecule has 0 bridgehead atoms. The van der Waals surface area contributed by atoms with Gasteiger partial charge in [0.1, 0.15) is 6.10 Å². The van der Waals surface area contributed by atoms with Crippen LogP contribution in [0.5, 0.6) is 0 Å². The first kappa shape index (κ1) is 8.56. The molecule has 0 aliphatic carbocycles. The van der Waals surface area contributed by atoms with Gasteiger partial charge in [-0.3, -0.25) is 0 Å². The van der Waals surface area contributed by atoms with E-state index in [4.69, 9.17) is 16.7 Å². The summed E-state index contributed by atoms with van der Waals surface area (Å²) in [6.07, 6.45) is -1.72. The number of alkyl halides is 1. The first-order valence-electron chi connectivity index (χ1n) is 2.57. The van der Waals surface area contributed by atoms with Crippen LogP contribution in [0.15, 0.2) is 0 Å². The van der Waals surface area contributed by atoms with Crippen LogP contribution in [0.25, 0.3) is 0 Å². The number of rotatable bonds is 2. The van der Waals surface area contributed by atoms with Crippen LogP contribution >= 0.6 is 11.6 Å². The molecule has 0 aliphatic heterocycles. The van der Waals surface area contributed by atoms with Crippen molar-refractivity contribution >= 4 is 17.8 Å². The number of carboxylic acid groups (broad SMARTS) is 1. The van der Waals surface area contributed by atoms with Crippen LogP contribution in [0.1, 0.15) is 13.8 Å². The lowest BCUT2D eigenvalue weighted by Gasteiger charge is -2.11. The Labute approximate surface area is 58.6 Å². The highest BCUT2D eigenvalue weighted by molar-refractivity contribution is 6.20. The maximum Gasteiger partial charge on any atom is 0.506 e. The van der Waals surface area contributed by atoms with Gasteiger partial charge in [-0.05, 0) is 13.8 Å². The summed E-state index contributed by atoms with van der Waals surface area (Å²) in [4.78, 5) is 9.83. The summed E-state index contributed by atoms with van der Waals surface area (Å²) in [5, 5.41) is 7.78. The SMILES string of the molecule is C[C@H](Cl)[C@@H](C)OC(=O)O. The summed E-state index contributed by atoms with van der Waals surface area (Å²) < 4.78 is 4.30. The van der Waals surface area contributed by atoms with Crippen molar-refractivity contribution in [3.8, 4) is 0 Å². The number of hydrogen-bond donors (Lipinski definition) is 1. The van der Waals surface area contributed by atoms with Crippen LogP contribution in [0.2, 0.25) is 0 Å². The summed E-state index contributed by atoms with van der Waals surface area (Å²) in [5.74, 6) is 0. The van der Waals surface area contributed by atoms with Crippen molar-refractivity contribution in [2.45, 2.75) is 25.3 Å². The zero-order valence-electron chi connectivity index (χ0n) is 5.30. The van der Waals surface area contributed by atoms with Gasteiger partial charge in [-0.2, -0.15) is 0 Å². The molecule has 0 aliphatic rings. The van der Waals surface area contributed by atoms with Crippen LogP contribution in [-0.2, 0) is 4.74 Å². The van der Waals surface area contributed by atoms with E-state index >= 15 is 0 Å². The molecule has 0 heterocycles. The molecule has 0 spiro atoms. The Hall–Kier alpha value is -0.440. The Morgan fingerprint density at radius 3 is 2.22 bits per heavy atom.